The minimum atomic E-state index is -3.52. The molecule has 2 aromatic rings. The minimum Gasteiger partial charge on any atom is -0.350 e. The lowest BCUT2D eigenvalue weighted by molar-refractivity contribution is -0.121. The average molecular weight is 473 g/mol. The van der Waals surface area contributed by atoms with Gasteiger partial charge in [-0.15, -0.1) is 0 Å². The molecule has 30 heavy (non-hydrogen) atoms. The van der Waals surface area contributed by atoms with E-state index in [1.165, 1.54) is 16.4 Å². The van der Waals surface area contributed by atoms with Gasteiger partial charge >= 0.3 is 0 Å². The Morgan fingerprint density at radius 1 is 1.07 bits per heavy atom. The first-order valence-corrected chi connectivity index (χ1v) is 13.3. The molecular formula is C20H25ClN2O5S2. The van der Waals surface area contributed by atoms with Gasteiger partial charge in [0.2, 0.25) is 15.9 Å². The van der Waals surface area contributed by atoms with Crippen LogP contribution in [0.25, 0.3) is 0 Å². The van der Waals surface area contributed by atoms with E-state index in [1.54, 1.807) is 43.3 Å². The first-order valence-electron chi connectivity index (χ1n) is 9.20. The number of anilines is 1. The highest BCUT2D eigenvalue weighted by molar-refractivity contribution is 7.92. The maximum absolute atomic E-state index is 12.3. The van der Waals surface area contributed by atoms with Gasteiger partial charge in [0.05, 0.1) is 22.9 Å². The molecule has 1 N–H and O–H groups in total. The van der Waals surface area contributed by atoms with E-state index in [0.29, 0.717) is 17.1 Å². The lowest BCUT2D eigenvalue weighted by atomic mass is 10.1. The summed E-state index contributed by atoms with van der Waals surface area (Å²) in [6.07, 6.45) is 2.70. The Balaban J connectivity index is 1.94. The van der Waals surface area contributed by atoms with Crippen LogP contribution in [-0.2, 0) is 24.7 Å². The van der Waals surface area contributed by atoms with Gasteiger partial charge in [-0.3, -0.25) is 9.10 Å². The Morgan fingerprint density at radius 2 is 1.70 bits per heavy atom. The number of sulfonamides is 1. The highest BCUT2D eigenvalue weighted by Crippen LogP contribution is 2.22. The number of halogens is 1. The van der Waals surface area contributed by atoms with Gasteiger partial charge in [0, 0.05) is 24.2 Å². The molecular weight excluding hydrogens is 448 g/mol. The van der Waals surface area contributed by atoms with Gasteiger partial charge in [-0.2, -0.15) is 0 Å². The summed E-state index contributed by atoms with van der Waals surface area (Å²) in [5, 5.41) is 3.26. The molecule has 0 spiro atoms. The molecule has 0 radical (unpaired) electrons. The van der Waals surface area contributed by atoms with Gasteiger partial charge in [0.15, 0.2) is 9.84 Å². The Morgan fingerprint density at radius 3 is 2.23 bits per heavy atom. The SMILES string of the molecule is C[C@H](NC(=O)CCCN(c1cccc(Cl)c1)S(C)(=O)=O)c1ccc(S(C)(=O)=O)cc1. The van der Waals surface area contributed by atoms with Crippen molar-refractivity contribution in [3.63, 3.8) is 0 Å². The number of nitrogens with one attached hydrogen (secondary N) is 1. The third-order valence-corrected chi connectivity index (χ3v) is 7.00. The van der Waals surface area contributed by atoms with Gasteiger partial charge in [-0.1, -0.05) is 29.8 Å². The van der Waals surface area contributed by atoms with Crippen LogP contribution in [0.5, 0.6) is 0 Å². The predicted molar refractivity (Wildman–Crippen MR) is 119 cm³/mol. The fourth-order valence-corrected chi connectivity index (χ4v) is 4.67. The van der Waals surface area contributed by atoms with E-state index in [9.17, 15) is 21.6 Å². The Bertz CT molecular complexity index is 1100. The number of amides is 1. The van der Waals surface area contributed by atoms with Crippen LogP contribution in [0, 0.1) is 0 Å². The second-order valence-corrected chi connectivity index (χ2v) is 11.4. The zero-order chi connectivity index (χ0) is 22.5. The van der Waals surface area contributed by atoms with Gasteiger partial charge in [-0.05, 0) is 49.2 Å². The molecule has 0 aliphatic rings. The number of carbonyl (C=O) groups is 1. The average Bonchev–Trinajstić information content (AvgIpc) is 2.63. The third kappa shape index (κ3) is 7.00. The number of nitrogens with zero attached hydrogens (tertiary/aromatic N) is 1. The van der Waals surface area contributed by atoms with Crippen LogP contribution in [-0.4, -0.2) is 41.8 Å². The zero-order valence-electron chi connectivity index (χ0n) is 17.0. The van der Waals surface area contributed by atoms with Crippen LogP contribution in [0.2, 0.25) is 5.02 Å². The van der Waals surface area contributed by atoms with Crippen molar-refractivity contribution in [1.82, 2.24) is 5.32 Å². The largest absolute Gasteiger partial charge is 0.350 e. The fraction of sp³-hybridized carbons (Fsp3) is 0.350. The number of hydrogen-bond acceptors (Lipinski definition) is 5. The molecule has 164 valence electrons. The summed E-state index contributed by atoms with van der Waals surface area (Å²) in [5.74, 6) is -0.228. The molecule has 0 aliphatic heterocycles. The molecule has 0 heterocycles. The number of sulfone groups is 1. The molecule has 2 aromatic carbocycles. The third-order valence-electron chi connectivity index (χ3n) is 4.45. The summed E-state index contributed by atoms with van der Waals surface area (Å²) < 4.78 is 48.5. The number of carbonyl (C=O) groups excluding carboxylic acids is 1. The van der Waals surface area contributed by atoms with E-state index in [0.717, 1.165) is 18.1 Å². The van der Waals surface area contributed by atoms with Crippen molar-refractivity contribution < 1.29 is 21.6 Å². The molecule has 10 heteroatoms. The van der Waals surface area contributed by atoms with Crippen LogP contribution < -0.4 is 9.62 Å². The summed E-state index contributed by atoms with van der Waals surface area (Å²) in [6.45, 7) is 1.94. The van der Waals surface area contributed by atoms with Crippen LogP contribution in [0.4, 0.5) is 5.69 Å². The lowest BCUT2D eigenvalue weighted by Gasteiger charge is -2.22. The fourth-order valence-electron chi connectivity index (χ4n) is 2.90. The van der Waals surface area contributed by atoms with E-state index < -0.39 is 19.9 Å². The van der Waals surface area contributed by atoms with E-state index in [1.807, 2.05) is 0 Å². The van der Waals surface area contributed by atoms with Crippen LogP contribution >= 0.6 is 11.6 Å². The van der Waals surface area contributed by atoms with Crippen molar-refractivity contribution in [3.8, 4) is 0 Å². The maximum atomic E-state index is 12.3. The van der Waals surface area contributed by atoms with Crippen LogP contribution in [0.15, 0.2) is 53.4 Å². The predicted octanol–water partition coefficient (Wildman–Crippen LogP) is 3.17. The van der Waals surface area contributed by atoms with Gasteiger partial charge in [0.1, 0.15) is 0 Å². The van der Waals surface area contributed by atoms with Crippen molar-refractivity contribution in [3.05, 3.63) is 59.1 Å². The lowest BCUT2D eigenvalue weighted by Crippen LogP contribution is -2.32. The standard InChI is InChI=1S/C20H25ClN2O5S2/c1-15(16-9-11-19(12-10-16)29(2,25)26)22-20(24)8-5-13-23(30(3,27)28)18-7-4-6-17(21)14-18/h4,6-7,9-12,14-15H,5,8,13H2,1-3H3,(H,22,24)/t15-/m0/s1. The Hall–Kier alpha value is -2.10. The zero-order valence-corrected chi connectivity index (χ0v) is 19.4. The molecule has 0 fully saturated rings. The molecule has 0 unspecified atom stereocenters. The molecule has 0 aromatic heterocycles. The van der Waals surface area contributed by atoms with E-state index in [-0.39, 0.29) is 29.8 Å². The van der Waals surface area contributed by atoms with E-state index in [2.05, 4.69) is 5.32 Å². The van der Waals surface area contributed by atoms with E-state index >= 15 is 0 Å². The quantitative estimate of drug-likeness (QED) is 0.604. The molecule has 7 nitrogen and oxygen atoms in total. The highest BCUT2D eigenvalue weighted by Gasteiger charge is 2.18. The molecule has 0 aliphatic carbocycles. The normalized spacial score (nSPS) is 12.9. The van der Waals surface area contributed by atoms with Crippen molar-refractivity contribution in [2.75, 3.05) is 23.4 Å². The second kappa shape index (κ2) is 9.80. The first-order chi connectivity index (χ1) is 13.9. The van der Waals surface area contributed by atoms with Gasteiger partial charge in [0.25, 0.3) is 0 Å². The number of benzene rings is 2. The second-order valence-electron chi connectivity index (χ2n) is 7.05. The number of rotatable bonds is 9. The summed E-state index contributed by atoms with van der Waals surface area (Å²) in [5.41, 5.74) is 1.22. The van der Waals surface area contributed by atoms with E-state index in [4.69, 9.17) is 11.6 Å². The molecule has 0 saturated carbocycles. The summed E-state index contributed by atoms with van der Waals surface area (Å²) in [6, 6.07) is 12.5. The smallest absolute Gasteiger partial charge is 0.232 e. The van der Waals surface area contributed by atoms with Crippen molar-refractivity contribution >= 4 is 43.1 Å². The monoisotopic (exact) mass is 472 g/mol. The molecule has 1 atom stereocenters. The van der Waals surface area contributed by atoms with Crippen molar-refractivity contribution in [2.24, 2.45) is 0 Å². The molecule has 2 rings (SSSR count). The maximum Gasteiger partial charge on any atom is 0.232 e. The van der Waals surface area contributed by atoms with Gasteiger partial charge in [-0.25, -0.2) is 16.8 Å². The molecule has 0 bridgehead atoms. The topological polar surface area (TPSA) is 101 Å². The first kappa shape index (κ1) is 24.2. The van der Waals surface area contributed by atoms with Crippen LogP contribution in [0.3, 0.4) is 0 Å². The summed E-state index contributed by atoms with van der Waals surface area (Å²) in [4.78, 5) is 12.5. The molecule has 0 saturated heterocycles. The summed E-state index contributed by atoms with van der Waals surface area (Å²) in [7, 11) is -6.80. The highest BCUT2D eigenvalue weighted by atomic mass is 35.5. The Labute approximate surface area is 183 Å². The number of hydrogen-bond donors (Lipinski definition) is 1. The van der Waals surface area contributed by atoms with Crippen molar-refractivity contribution in [2.45, 2.75) is 30.7 Å². The summed E-state index contributed by atoms with van der Waals surface area (Å²) >= 11 is 5.95. The van der Waals surface area contributed by atoms with Crippen LogP contribution in [0.1, 0.15) is 31.4 Å². The van der Waals surface area contributed by atoms with Gasteiger partial charge < -0.3 is 5.32 Å². The molecule has 1 amide bonds. The Kier molecular flexibility index (Phi) is 7.90. The minimum absolute atomic E-state index is 0.137. The van der Waals surface area contributed by atoms with Crippen molar-refractivity contribution in [1.29, 1.82) is 0 Å².